The second kappa shape index (κ2) is 10.6. The summed E-state index contributed by atoms with van der Waals surface area (Å²) in [4.78, 5) is 28.3. The van der Waals surface area contributed by atoms with Gasteiger partial charge in [0.25, 0.3) is 5.91 Å². The maximum atomic E-state index is 12.8. The molecule has 1 heterocycles. The van der Waals surface area contributed by atoms with Crippen molar-refractivity contribution in [2.75, 3.05) is 13.2 Å². The Hall–Kier alpha value is -3.15. The average Bonchev–Trinajstić information content (AvgIpc) is 2.72. The minimum absolute atomic E-state index is 0.0182. The lowest BCUT2D eigenvalue weighted by atomic mass is 9.80. The van der Waals surface area contributed by atoms with Gasteiger partial charge in [-0.3, -0.25) is 9.59 Å². The fraction of sp³-hybridized carbons (Fsp3) is 0.435. The van der Waals surface area contributed by atoms with Crippen molar-refractivity contribution in [3.63, 3.8) is 0 Å². The van der Waals surface area contributed by atoms with Gasteiger partial charge in [-0.2, -0.15) is 26.3 Å². The Morgan fingerprint density at radius 1 is 1.09 bits per heavy atom. The number of hydrogen-bond donors (Lipinski definition) is 2. The van der Waals surface area contributed by atoms with Crippen molar-refractivity contribution in [2.24, 2.45) is 5.92 Å². The second-order valence-electron chi connectivity index (χ2n) is 8.35. The molecule has 35 heavy (non-hydrogen) atoms. The predicted molar refractivity (Wildman–Crippen MR) is 114 cm³/mol. The van der Waals surface area contributed by atoms with Crippen molar-refractivity contribution in [2.45, 2.75) is 44.1 Å². The molecule has 190 valence electrons. The van der Waals surface area contributed by atoms with Gasteiger partial charge in [0.2, 0.25) is 5.91 Å². The van der Waals surface area contributed by atoms with Gasteiger partial charge in [-0.1, -0.05) is 12.6 Å². The van der Waals surface area contributed by atoms with Crippen molar-refractivity contribution in [3.8, 4) is 0 Å². The van der Waals surface area contributed by atoms with Crippen LogP contribution < -0.4 is 10.6 Å². The van der Waals surface area contributed by atoms with Gasteiger partial charge in [-0.25, -0.2) is 4.98 Å². The lowest BCUT2D eigenvalue weighted by Crippen LogP contribution is -2.37. The number of amides is 2. The maximum absolute atomic E-state index is 12.8. The van der Waals surface area contributed by atoms with Crippen molar-refractivity contribution in [1.82, 2.24) is 15.6 Å². The van der Waals surface area contributed by atoms with Crippen LogP contribution in [0, 0.1) is 5.92 Å². The quantitative estimate of drug-likeness (QED) is 0.484. The molecule has 0 saturated heterocycles. The summed E-state index contributed by atoms with van der Waals surface area (Å²) in [6.45, 7) is 3.47. The Bertz CT molecular complexity index is 1090. The lowest BCUT2D eigenvalue weighted by Gasteiger charge is -2.35. The zero-order valence-electron chi connectivity index (χ0n) is 18.4. The largest absolute Gasteiger partial charge is 0.416 e. The molecule has 12 heteroatoms. The van der Waals surface area contributed by atoms with Gasteiger partial charge >= 0.3 is 12.4 Å². The molecule has 0 unspecified atom stereocenters. The van der Waals surface area contributed by atoms with E-state index in [1.807, 2.05) is 0 Å². The summed E-state index contributed by atoms with van der Waals surface area (Å²) in [6, 6.07) is 5.71. The van der Waals surface area contributed by atoms with Gasteiger partial charge in [0.05, 0.1) is 17.2 Å². The Labute approximate surface area is 196 Å². The number of nitrogens with zero attached hydrogens (tertiary/aromatic N) is 1. The average molecular weight is 503 g/mol. The molecule has 0 bridgehead atoms. The van der Waals surface area contributed by atoms with E-state index in [1.165, 1.54) is 18.2 Å². The van der Waals surface area contributed by atoms with Gasteiger partial charge in [-0.05, 0) is 43.0 Å². The van der Waals surface area contributed by atoms with E-state index in [2.05, 4.69) is 22.2 Å². The number of carbonyl (C=O) groups is 2. The molecule has 2 amide bonds. The highest BCUT2D eigenvalue weighted by molar-refractivity contribution is 5.95. The Balaban J connectivity index is 1.36. The third kappa shape index (κ3) is 7.94. The van der Waals surface area contributed by atoms with Crippen LogP contribution in [0.5, 0.6) is 0 Å². The highest BCUT2D eigenvalue weighted by atomic mass is 19.4. The summed E-state index contributed by atoms with van der Waals surface area (Å²) in [7, 11) is 0. The molecule has 3 rings (SSSR count). The Kier molecular flexibility index (Phi) is 8.04. The molecular weight excluding hydrogens is 480 g/mol. The molecule has 6 nitrogen and oxygen atoms in total. The number of nitrogens with one attached hydrogen (secondary N) is 2. The normalized spacial score (nSPS) is 18.1. The Morgan fingerprint density at radius 2 is 1.80 bits per heavy atom. The van der Waals surface area contributed by atoms with Gasteiger partial charge in [0, 0.05) is 30.5 Å². The van der Waals surface area contributed by atoms with Gasteiger partial charge in [0.15, 0.2) is 0 Å². The number of halogens is 6. The standard InChI is InChI=1S/C23H23F6N3O3/c1-13(31-20(33)12-35-17-8-14(9-17)11-22(24,25)26)6-7-30-21(34)19-4-2-15-10-16(23(27,28)29)3-5-18(15)32-19/h2-5,10,14,17H,1,6-9,11-12H2,(H,30,34)(H,31,33). The van der Waals surface area contributed by atoms with E-state index in [1.54, 1.807) is 0 Å². The zero-order valence-corrected chi connectivity index (χ0v) is 18.4. The number of ether oxygens (including phenoxy) is 1. The zero-order chi connectivity index (χ0) is 25.8. The van der Waals surface area contributed by atoms with Crippen molar-refractivity contribution >= 4 is 22.7 Å². The minimum Gasteiger partial charge on any atom is -0.368 e. The van der Waals surface area contributed by atoms with Gasteiger partial charge < -0.3 is 15.4 Å². The first-order valence-corrected chi connectivity index (χ1v) is 10.7. The van der Waals surface area contributed by atoms with Gasteiger partial charge in [-0.15, -0.1) is 0 Å². The van der Waals surface area contributed by atoms with Crippen LogP contribution in [-0.2, 0) is 15.7 Å². The molecule has 0 atom stereocenters. The summed E-state index contributed by atoms with van der Waals surface area (Å²) in [5, 5.41) is 5.31. The minimum atomic E-state index is -4.48. The number of benzene rings is 1. The van der Waals surface area contributed by atoms with Crippen LogP contribution in [0.4, 0.5) is 26.3 Å². The number of carbonyl (C=O) groups excluding carboxylic acids is 2. The molecule has 1 fully saturated rings. The first kappa shape index (κ1) is 26.5. The van der Waals surface area contributed by atoms with E-state index in [0.717, 1.165) is 12.1 Å². The van der Waals surface area contributed by atoms with E-state index in [0.29, 0.717) is 5.70 Å². The van der Waals surface area contributed by atoms with Crippen LogP contribution >= 0.6 is 0 Å². The van der Waals surface area contributed by atoms with E-state index in [4.69, 9.17) is 4.74 Å². The molecule has 0 aliphatic heterocycles. The first-order valence-electron chi connectivity index (χ1n) is 10.7. The summed E-state index contributed by atoms with van der Waals surface area (Å²) >= 11 is 0. The highest BCUT2D eigenvalue weighted by Gasteiger charge is 2.39. The second-order valence-corrected chi connectivity index (χ2v) is 8.35. The lowest BCUT2D eigenvalue weighted by molar-refractivity contribution is -0.163. The molecule has 1 aliphatic rings. The van der Waals surface area contributed by atoms with Crippen molar-refractivity contribution < 1.29 is 40.7 Å². The molecular formula is C23H23F6N3O3. The van der Waals surface area contributed by atoms with Crippen LogP contribution in [-0.4, -0.2) is 42.2 Å². The van der Waals surface area contributed by atoms with Crippen LogP contribution in [0.2, 0.25) is 0 Å². The summed E-state index contributed by atoms with van der Waals surface area (Å²) in [5.74, 6) is -1.53. The fourth-order valence-corrected chi connectivity index (χ4v) is 3.64. The molecule has 1 aromatic carbocycles. The van der Waals surface area contributed by atoms with Crippen LogP contribution in [0.3, 0.4) is 0 Å². The molecule has 1 aromatic heterocycles. The molecule has 1 saturated carbocycles. The molecule has 1 aliphatic carbocycles. The molecule has 2 aromatic rings. The first-order chi connectivity index (χ1) is 16.3. The van der Waals surface area contributed by atoms with E-state index in [-0.39, 0.29) is 55.1 Å². The van der Waals surface area contributed by atoms with E-state index >= 15 is 0 Å². The molecule has 0 radical (unpaired) electrons. The number of hydrogen-bond acceptors (Lipinski definition) is 4. The number of pyridine rings is 1. The molecule has 2 N–H and O–H groups in total. The predicted octanol–water partition coefficient (Wildman–Crippen LogP) is 4.75. The maximum Gasteiger partial charge on any atom is 0.416 e. The van der Waals surface area contributed by atoms with E-state index < -0.39 is 42.1 Å². The summed E-state index contributed by atoms with van der Waals surface area (Å²) < 4.78 is 80.6. The summed E-state index contributed by atoms with van der Waals surface area (Å²) in [6.07, 6.45) is -9.21. The van der Waals surface area contributed by atoms with Crippen LogP contribution in [0.1, 0.15) is 41.7 Å². The number of rotatable bonds is 9. The number of alkyl halides is 6. The third-order valence-electron chi connectivity index (χ3n) is 5.44. The van der Waals surface area contributed by atoms with E-state index in [9.17, 15) is 35.9 Å². The SMILES string of the molecule is C=C(CCNC(=O)c1ccc2cc(C(F)(F)F)ccc2n1)NC(=O)COC1CC(CC(F)(F)F)C1. The topological polar surface area (TPSA) is 80.3 Å². The Morgan fingerprint density at radius 3 is 2.46 bits per heavy atom. The van der Waals surface area contributed by atoms with Crippen molar-refractivity contribution in [1.29, 1.82) is 0 Å². The monoisotopic (exact) mass is 503 g/mol. The smallest absolute Gasteiger partial charge is 0.368 e. The molecule has 0 spiro atoms. The van der Waals surface area contributed by atoms with Crippen molar-refractivity contribution in [3.05, 3.63) is 53.9 Å². The summed E-state index contributed by atoms with van der Waals surface area (Å²) in [5.41, 5.74) is -0.259. The highest BCUT2D eigenvalue weighted by Crippen LogP contribution is 2.38. The van der Waals surface area contributed by atoms with Crippen LogP contribution in [0.25, 0.3) is 10.9 Å². The number of aromatic nitrogens is 1. The number of fused-ring (bicyclic) bond motifs is 1. The van der Waals surface area contributed by atoms with Gasteiger partial charge in [0.1, 0.15) is 12.3 Å². The fourth-order valence-electron chi connectivity index (χ4n) is 3.64. The van der Waals surface area contributed by atoms with Crippen LogP contribution in [0.15, 0.2) is 42.6 Å². The third-order valence-corrected chi connectivity index (χ3v) is 5.44.